The highest BCUT2D eigenvalue weighted by molar-refractivity contribution is 6.22. The molecule has 3 saturated heterocycles. The van der Waals surface area contributed by atoms with Crippen molar-refractivity contribution in [3.63, 3.8) is 0 Å². The summed E-state index contributed by atoms with van der Waals surface area (Å²) in [5.41, 5.74) is 5.85. The first kappa shape index (κ1) is 110. The summed E-state index contributed by atoms with van der Waals surface area (Å²) < 4.78 is 241. The van der Waals surface area contributed by atoms with E-state index in [1.165, 1.54) is 35.8 Å². The molecule has 0 spiro atoms. The predicted molar refractivity (Wildman–Crippen MR) is 488 cm³/mol. The molecule has 11 atom stereocenters. The number of halogens is 18. The number of nitrogens with one attached hydrogen (secondary N) is 3. The third-order valence-electron chi connectivity index (χ3n) is 25.9. The zero-order chi connectivity index (χ0) is 102. The molecule has 3 fully saturated rings. The summed E-state index contributed by atoms with van der Waals surface area (Å²) in [6.45, 7) is 6.80. The number of likely N-dealkylation sites (tertiary alicyclic amines) is 3. The number of Topliss-reactive ketones (excluding diaryl/α,β-unsaturated/α-hetero) is 3. The normalized spacial score (nSPS) is 19.9. The van der Waals surface area contributed by atoms with Gasteiger partial charge in [0.1, 0.15) is 17.3 Å². The van der Waals surface area contributed by atoms with Gasteiger partial charge in [-0.2, -0.15) is 79.0 Å². The molecule has 0 bridgehead atoms. The van der Waals surface area contributed by atoms with E-state index in [0.717, 1.165) is 25.7 Å². The van der Waals surface area contributed by atoms with Crippen molar-refractivity contribution >= 4 is 87.0 Å². The Kier molecular flexibility index (Phi) is 38.5. The summed E-state index contributed by atoms with van der Waals surface area (Å²) in [5.74, 6) is -17.5. The van der Waals surface area contributed by atoms with Gasteiger partial charge in [0.15, 0.2) is 0 Å². The zero-order valence-electron chi connectivity index (χ0n) is 77.7. The average Bonchev–Trinajstić information content (AvgIpc) is 1.68. The fourth-order valence-corrected chi connectivity index (χ4v) is 18.3. The Morgan fingerprint density at radius 2 is 0.597 bits per heavy atom. The van der Waals surface area contributed by atoms with Gasteiger partial charge in [0.05, 0.1) is 34.2 Å². The predicted octanol–water partition coefficient (Wildman–Crippen LogP) is 17.5. The second-order valence-corrected chi connectivity index (χ2v) is 36.2. The number of aliphatic imine (C=N–C) groups is 3. The Hall–Kier alpha value is -11.3. The molecule has 756 valence electrons. The second kappa shape index (κ2) is 48.8. The van der Waals surface area contributed by atoms with E-state index in [4.69, 9.17) is 0 Å². The summed E-state index contributed by atoms with van der Waals surface area (Å²) >= 11 is 0. The molecule has 22 nitrogen and oxygen atoms in total. The molecule has 6 aliphatic rings. The largest absolute Gasteiger partial charge is 0.389 e. The highest BCUT2D eigenvalue weighted by Gasteiger charge is 2.48. The molecule has 6 amide bonds. The molecule has 40 heteroatoms. The van der Waals surface area contributed by atoms with Crippen LogP contribution >= 0.6 is 0 Å². The van der Waals surface area contributed by atoms with Crippen molar-refractivity contribution in [3.05, 3.63) is 197 Å². The van der Waals surface area contributed by atoms with Crippen molar-refractivity contribution in [2.75, 3.05) is 109 Å². The lowest BCUT2D eigenvalue weighted by atomic mass is 9.80. The first-order chi connectivity index (χ1) is 65.4. The number of benzodiazepines with no additional fused rings is 3. The summed E-state index contributed by atoms with van der Waals surface area (Å²) in [5, 5.41) is 7.25. The zero-order valence-corrected chi connectivity index (χ0v) is 77.7. The third-order valence-corrected chi connectivity index (χ3v) is 25.9. The van der Waals surface area contributed by atoms with Gasteiger partial charge in [0.2, 0.25) is 36.2 Å². The maximum Gasteiger partial charge on any atom is 0.389 e. The highest BCUT2D eigenvalue weighted by atomic mass is 19.4. The van der Waals surface area contributed by atoms with Gasteiger partial charge in [-0.3, -0.25) is 43.2 Å². The lowest BCUT2D eigenvalue weighted by Gasteiger charge is -2.29. The van der Waals surface area contributed by atoms with E-state index in [-0.39, 0.29) is 44.9 Å². The number of anilines is 3. The van der Waals surface area contributed by atoms with Crippen LogP contribution in [0.4, 0.5) is 96.1 Å². The number of carbonyl (C=O) groups excluding carboxylic acids is 9. The maximum absolute atomic E-state index is 13.9. The Balaban J connectivity index is 0.000000215. The smallest absolute Gasteiger partial charge is 0.326 e. The molecule has 139 heavy (non-hydrogen) atoms. The van der Waals surface area contributed by atoms with Gasteiger partial charge in [0, 0.05) is 187 Å². The molecule has 0 radical (unpaired) electrons. The van der Waals surface area contributed by atoms with Crippen LogP contribution in [0.3, 0.4) is 0 Å². The second-order valence-electron chi connectivity index (χ2n) is 36.2. The van der Waals surface area contributed by atoms with Crippen LogP contribution in [-0.2, 0) is 43.2 Å². The van der Waals surface area contributed by atoms with Crippen molar-refractivity contribution in [2.24, 2.45) is 56.4 Å². The van der Waals surface area contributed by atoms with E-state index in [1.807, 2.05) is 40.6 Å². The van der Waals surface area contributed by atoms with Crippen LogP contribution in [0.1, 0.15) is 162 Å². The van der Waals surface area contributed by atoms with Crippen molar-refractivity contribution < 1.29 is 122 Å². The molecule has 0 aromatic heterocycles. The van der Waals surface area contributed by atoms with Gasteiger partial charge in [-0.1, -0.05) is 153 Å². The van der Waals surface area contributed by atoms with Crippen molar-refractivity contribution in [2.45, 2.75) is 191 Å². The number of likely N-dealkylation sites (N-methyl/N-ethyl adjacent to an activating group) is 4. The van der Waals surface area contributed by atoms with Gasteiger partial charge in [-0.25, -0.2) is 15.0 Å². The van der Waals surface area contributed by atoms with Crippen LogP contribution in [0.15, 0.2) is 179 Å². The van der Waals surface area contributed by atoms with Crippen LogP contribution in [0.5, 0.6) is 0 Å². The van der Waals surface area contributed by atoms with Crippen LogP contribution in [-0.4, -0.2) is 245 Å². The number of fused-ring (bicyclic) bond motifs is 3. The van der Waals surface area contributed by atoms with Crippen molar-refractivity contribution in [1.29, 1.82) is 0 Å². The Morgan fingerprint density at radius 3 is 0.856 bits per heavy atom. The number of hydrogen-bond donors (Lipinski definition) is 3. The molecule has 6 aliphatic heterocycles. The van der Waals surface area contributed by atoms with Gasteiger partial charge in [-0.05, 0) is 129 Å². The fraction of sp³-hybridized carbons (Fsp3) is 0.515. The van der Waals surface area contributed by atoms with Gasteiger partial charge < -0.3 is 50.2 Å². The summed E-state index contributed by atoms with van der Waals surface area (Å²) in [6, 6.07) is 47.0. The summed E-state index contributed by atoms with van der Waals surface area (Å²) in [7, 11) is 8.20. The Labute approximate surface area is 794 Å². The SMILES string of the molecule is CC1CCN(CCC(=O)[C@@H](CCC(F)(F)F)[C@@H](CCC(F)(F)F)C(=O)N[C@H]2N=C(c3ccccc3)c3ccccc3N(C)C2=O)C1.CN1C(=O)[C@@H](NC(=O)[C@H](CCC(F)(F)F)[C@H](CCC(F)(F)F)C(=O)CCN2CCC(N(C)C)C2)N=C(c2ccccc2)c2ccccc21.CN1C(=O)[C@@H](NC(=O)[C@H](CCC(F)(F)F)[C@H](CCC(F)(F)F)C(=O)CCN2CCCC2)N=C(c2ccccc2)c2ccccc21. The van der Waals surface area contributed by atoms with Crippen LogP contribution in [0, 0.1) is 41.4 Å². The number of hydrogen-bond acceptors (Lipinski definition) is 16. The summed E-state index contributed by atoms with van der Waals surface area (Å²) in [4.78, 5) is 148. The molecule has 6 aromatic carbocycles. The number of amides is 6. The Bertz CT molecular complexity index is 5260. The number of para-hydroxylation sites is 3. The molecule has 3 N–H and O–H groups in total. The molecule has 0 aliphatic carbocycles. The molecule has 0 saturated carbocycles. The minimum absolute atomic E-state index is 0.199. The van der Waals surface area contributed by atoms with E-state index >= 15 is 0 Å². The number of carbonyl (C=O) groups is 9. The molecular weight excluding hydrogens is 1860 g/mol. The molecule has 12 rings (SSSR count). The fourth-order valence-electron chi connectivity index (χ4n) is 18.3. The third kappa shape index (κ3) is 32.7. The number of ketones is 3. The number of nitrogens with zero attached hydrogens (tertiary/aromatic N) is 10. The Morgan fingerprint density at radius 1 is 0.345 bits per heavy atom. The quantitative estimate of drug-likeness (QED) is 0.0307. The first-order valence-electron chi connectivity index (χ1n) is 46.1. The lowest BCUT2D eigenvalue weighted by molar-refractivity contribution is -0.152. The average molecular weight is 1970 g/mol. The molecular formula is C99H115F18N13O9. The van der Waals surface area contributed by atoms with Gasteiger partial charge >= 0.3 is 37.1 Å². The molecule has 6 heterocycles. The van der Waals surface area contributed by atoms with E-state index in [1.54, 1.807) is 164 Å². The van der Waals surface area contributed by atoms with Crippen LogP contribution in [0.2, 0.25) is 0 Å². The van der Waals surface area contributed by atoms with Gasteiger partial charge in [0.25, 0.3) is 17.7 Å². The van der Waals surface area contributed by atoms with E-state index in [9.17, 15) is 122 Å². The molecule has 6 aromatic rings. The minimum Gasteiger partial charge on any atom is -0.326 e. The summed E-state index contributed by atoms with van der Waals surface area (Å²) in [6.07, 6.45) is -44.4. The van der Waals surface area contributed by atoms with E-state index < -0.39 is 221 Å². The topological polar surface area (TPSA) is 249 Å². The number of rotatable bonds is 37. The standard InChI is InChI=1S/C34H41F6N5O3.C33H38F6N4O3.C32H36F6N4O3/c1-43(2)23-15-19-45(21-23)20-16-28(46)24(13-17-33(35,36)37)25(14-18-34(38,39)40)31(47)42-30-32(48)44(3)27-12-8-7-11-26(27)29(41-30)22-9-5-4-6-10-22;1-21-14-18-43(20-21)19-15-27(44)23(12-16-32(34,35)36)24(13-17-33(37,38)39)30(45)41-29-31(46)42(2)26-11-7-6-10-25(26)28(40-29)22-8-4-3-5-9-22;1-41-25-12-6-5-11-24(25)27(21-9-3-2-4-10-21)39-28(30(41)45)40-29(44)23(14-17-32(36,37)38)22(13-16-31(33,34)35)26(43)15-20-42-18-7-8-19-42/h4-12,23-25,30H,13-21H2,1-3H3,(H,42,47);3-11,21,23-24,29H,12-20H2,1-2H3,(H,41,45);2-6,9-12,22-23,28H,7-8,13-20H2,1H3,(H,40,44)/t23?,24-,25+,30+;21?,23-,24+,29+;22-,23+,28+/m000/s1. The lowest BCUT2D eigenvalue weighted by Crippen LogP contribution is -2.49. The minimum atomic E-state index is -4.74. The maximum atomic E-state index is 13.9. The highest BCUT2D eigenvalue weighted by Crippen LogP contribution is 2.41. The number of benzene rings is 6. The van der Waals surface area contributed by atoms with Crippen LogP contribution in [0.25, 0.3) is 0 Å². The van der Waals surface area contributed by atoms with Gasteiger partial charge in [-0.15, -0.1) is 0 Å². The van der Waals surface area contributed by atoms with Crippen molar-refractivity contribution in [1.82, 2.24) is 35.6 Å². The van der Waals surface area contributed by atoms with Crippen LogP contribution < -0.4 is 30.7 Å². The van der Waals surface area contributed by atoms with E-state index in [2.05, 4.69) is 30.9 Å². The number of alkyl halides is 18. The first-order valence-corrected chi connectivity index (χ1v) is 46.1. The monoisotopic (exact) mass is 1970 g/mol. The molecule has 2 unspecified atom stereocenters. The van der Waals surface area contributed by atoms with Crippen molar-refractivity contribution in [3.8, 4) is 0 Å². The van der Waals surface area contributed by atoms with E-state index in [0.29, 0.717) is 113 Å².